The number of allylic oxidation sites excluding steroid dienone is 6. The number of ether oxygens (including phenoxy) is 2. The third kappa shape index (κ3) is 38.0. The molecule has 1 unspecified atom stereocenters. The molecule has 0 saturated carbocycles. The number of quaternary nitrogens is 1. The molecule has 0 fully saturated rings. The number of nitrogens with zero attached hydrogens (tertiary/aromatic N) is 1. The molecule has 53 heavy (non-hydrogen) atoms. The first kappa shape index (κ1) is 50.9. The van der Waals surface area contributed by atoms with E-state index in [4.69, 9.17) is 18.5 Å². The second-order valence-corrected chi connectivity index (χ2v) is 16.5. The molecule has 0 aromatic heterocycles. The number of carbonyl (C=O) groups excluding carboxylic acids is 3. The molecule has 0 amide bonds. The summed E-state index contributed by atoms with van der Waals surface area (Å²) in [6, 6.07) is 0. The van der Waals surface area contributed by atoms with Crippen LogP contribution in [0.1, 0.15) is 162 Å². The molecule has 0 aliphatic rings. The molecule has 0 radical (unpaired) electrons. The van der Waals surface area contributed by atoms with Crippen molar-refractivity contribution >= 4 is 25.5 Å². The molecule has 0 rings (SSSR count). The molecule has 11 heteroatoms. The Kier molecular flexibility index (Phi) is 33.0. The summed E-state index contributed by atoms with van der Waals surface area (Å²) in [7, 11) is 1.42. The number of phosphoric acid groups is 1. The summed E-state index contributed by atoms with van der Waals surface area (Å²) in [6.07, 6.45) is 33.1. The van der Waals surface area contributed by atoms with Crippen LogP contribution >= 0.6 is 7.82 Å². The zero-order valence-electron chi connectivity index (χ0n) is 34.2. The van der Waals surface area contributed by atoms with Gasteiger partial charge in [0, 0.05) is 19.3 Å². The van der Waals surface area contributed by atoms with Crippen LogP contribution in [0.2, 0.25) is 0 Å². The van der Waals surface area contributed by atoms with Crippen LogP contribution < -0.4 is 0 Å². The normalized spacial score (nSPS) is 13.9. The number of likely N-dealkylation sites (N-methyl/N-ethyl adjacent to an activating group) is 1. The number of rotatable bonds is 37. The highest BCUT2D eigenvalue weighted by atomic mass is 31.2. The first-order valence-electron chi connectivity index (χ1n) is 20.7. The predicted octanol–water partition coefficient (Wildman–Crippen LogP) is 10.5. The standard InChI is InChI=1S/C42H76NO9P/c1-6-8-10-11-12-13-14-15-16-19-23-26-30-34-42(46)52-40(38-51-53(47,48)50-36-35-43(3,4)5)37-49-41(45)33-29-25-22-20-17-18-21-24-28-32-39(44)31-27-9-7-2/h13-14,21,24,28,32,40H,6-12,15-20,22-23,25-27,29-31,33-38H2,1-5H3/p+1/b14-13-,24-21-,32-28+/t40-/m1/s1. The fraction of sp³-hybridized carbons (Fsp3) is 0.786. The minimum absolute atomic E-state index is 0.0154. The van der Waals surface area contributed by atoms with E-state index in [1.54, 1.807) is 6.08 Å². The molecule has 0 spiro atoms. The highest BCUT2D eigenvalue weighted by molar-refractivity contribution is 7.47. The Morgan fingerprint density at radius 1 is 0.623 bits per heavy atom. The third-order valence-electron chi connectivity index (χ3n) is 8.62. The molecule has 0 aromatic rings. The van der Waals surface area contributed by atoms with Gasteiger partial charge in [0.1, 0.15) is 19.8 Å². The van der Waals surface area contributed by atoms with Crippen LogP contribution in [0.4, 0.5) is 0 Å². The predicted molar refractivity (Wildman–Crippen MR) is 215 cm³/mol. The quantitative estimate of drug-likeness (QED) is 0.0125. The number of phosphoric ester groups is 1. The van der Waals surface area contributed by atoms with Gasteiger partial charge in [0.05, 0.1) is 27.7 Å². The summed E-state index contributed by atoms with van der Waals surface area (Å²) in [5.74, 6) is -0.693. The van der Waals surface area contributed by atoms with Crippen LogP contribution in [-0.4, -0.2) is 80.7 Å². The molecule has 0 saturated heterocycles. The molecular weight excluding hydrogens is 693 g/mol. The summed E-state index contributed by atoms with van der Waals surface area (Å²) in [4.78, 5) is 47.0. The Morgan fingerprint density at radius 2 is 1.13 bits per heavy atom. The van der Waals surface area contributed by atoms with Gasteiger partial charge in [0.15, 0.2) is 11.9 Å². The smallest absolute Gasteiger partial charge is 0.462 e. The Morgan fingerprint density at radius 3 is 1.74 bits per heavy atom. The zero-order chi connectivity index (χ0) is 39.5. The van der Waals surface area contributed by atoms with Crippen LogP contribution in [0, 0.1) is 0 Å². The van der Waals surface area contributed by atoms with E-state index < -0.39 is 32.5 Å². The van der Waals surface area contributed by atoms with Crippen molar-refractivity contribution in [2.45, 2.75) is 168 Å². The maximum absolute atomic E-state index is 12.6. The lowest BCUT2D eigenvalue weighted by Gasteiger charge is -2.24. The van der Waals surface area contributed by atoms with Gasteiger partial charge >= 0.3 is 19.8 Å². The molecule has 1 N–H and O–H groups in total. The molecule has 0 aliphatic carbocycles. The van der Waals surface area contributed by atoms with Gasteiger partial charge in [-0.2, -0.15) is 0 Å². The minimum Gasteiger partial charge on any atom is -0.462 e. The van der Waals surface area contributed by atoms with E-state index in [1.165, 1.54) is 25.7 Å². The van der Waals surface area contributed by atoms with Crippen molar-refractivity contribution in [1.29, 1.82) is 0 Å². The first-order valence-corrected chi connectivity index (χ1v) is 22.2. The van der Waals surface area contributed by atoms with Crippen molar-refractivity contribution in [3.63, 3.8) is 0 Å². The lowest BCUT2D eigenvalue weighted by Crippen LogP contribution is -2.37. The van der Waals surface area contributed by atoms with Gasteiger partial charge in [-0.15, -0.1) is 0 Å². The lowest BCUT2D eigenvalue weighted by molar-refractivity contribution is -0.870. The maximum atomic E-state index is 12.6. The number of hydrogen-bond donors (Lipinski definition) is 1. The van der Waals surface area contributed by atoms with Gasteiger partial charge in [-0.3, -0.25) is 23.4 Å². The van der Waals surface area contributed by atoms with Gasteiger partial charge in [-0.25, -0.2) is 4.57 Å². The van der Waals surface area contributed by atoms with Crippen LogP contribution in [0.5, 0.6) is 0 Å². The van der Waals surface area contributed by atoms with Crippen LogP contribution in [-0.2, 0) is 37.5 Å². The average Bonchev–Trinajstić information content (AvgIpc) is 3.09. The topological polar surface area (TPSA) is 125 Å². The van der Waals surface area contributed by atoms with E-state index >= 15 is 0 Å². The van der Waals surface area contributed by atoms with Crippen LogP contribution in [0.25, 0.3) is 0 Å². The number of hydrogen-bond acceptors (Lipinski definition) is 8. The van der Waals surface area contributed by atoms with Gasteiger partial charge in [-0.1, -0.05) is 115 Å². The van der Waals surface area contributed by atoms with E-state index in [-0.39, 0.29) is 31.8 Å². The summed E-state index contributed by atoms with van der Waals surface area (Å²) in [6.45, 7) is 4.17. The van der Waals surface area contributed by atoms with Gasteiger partial charge in [0.2, 0.25) is 0 Å². The zero-order valence-corrected chi connectivity index (χ0v) is 35.1. The Balaban J connectivity index is 4.48. The monoisotopic (exact) mass is 771 g/mol. The van der Waals surface area contributed by atoms with Gasteiger partial charge < -0.3 is 18.9 Å². The fourth-order valence-electron chi connectivity index (χ4n) is 5.28. The van der Waals surface area contributed by atoms with Crippen molar-refractivity contribution < 1.29 is 46.8 Å². The SMILES string of the molecule is CCCCCC/C=C\CCCCCCCC(=O)O[C@H](COC(=O)CCCCCCC/C=C\C=C\C(=O)CCCCC)COP(=O)(O)OCC[N+](C)(C)C. The van der Waals surface area contributed by atoms with Crippen LogP contribution in [0.3, 0.4) is 0 Å². The first-order chi connectivity index (χ1) is 25.4. The number of carbonyl (C=O) groups is 3. The Hall–Kier alpha value is -2.10. The molecule has 308 valence electrons. The summed E-state index contributed by atoms with van der Waals surface area (Å²) in [5.41, 5.74) is 0. The number of esters is 2. The second-order valence-electron chi connectivity index (χ2n) is 15.1. The van der Waals surface area contributed by atoms with E-state index in [9.17, 15) is 23.8 Å². The van der Waals surface area contributed by atoms with E-state index in [0.29, 0.717) is 30.3 Å². The Bertz CT molecular complexity index is 1070. The van der Waals surface area contributed by atoms with Gasteiger partial charge in [0.25, 0.3) is 0 Å². The fourth-order valence-corrected chi connectivity index (χ4v) is 6.02. The third-order valence-corrected chi connectivity index (χ3v) is 9.60. The van der Waals surface area contributed by atoms with E-state index in [0.717, 1.165) is 89.9 Å². The summed E-state index contributed by atoms with van der Waals surface area (Å²) in [5, 5.41) is 0. The molecule has 2 atom stereocenters. The lowest BCUT2D eigenvalue weighted by atomic mass is 10.1. The Labute approximate surface area is 323 Å². The van der Waals surface area contributed by atoms with Crippen molar-refractivity contribution in [2.24, 2.45) is 0 Å². The van der Waals surface area contributed by atoms with Crippen molar-refractivity contribution in [3.8, 4) is 0 Å². The molecule has 10 nitrogen and oxygen atoms in total. The second kappa shape index (κ2) is 34.4. The van der Waals surface area contributed by atoms with Crippen molar-refractivity contribution in [1.82, 2.24) is 0 Å². The highest BCUT2D eigenvalue weighted by Gasteiger charge is 2.27. The highest BCUT2D eigenvalue weighted by Crippen LogP contribution is 2.43. The maximum Gasteiger partial charge on any atom is 0.472 e. The number of ketones is 1. The largest absolute Gasteiger partial charge is 0.472 e. The minimum atomic E-state index is -4.39. The van der Waals surface area contributed by atoms with Crippen molar-refractivity contribution in [2.75, 3.05) is 47.5 Å². The molecular formula is C42H77NO9P+. The molecule has 0 aliphatic heterocycles. The molecule has 0 aromatic carbocycles. The van der Waals surface area contributed by atoms with Crippen LogP contribution in [0.15, 0.2) is 36.5 Å². The summed E-state index contributed by atoms with van der Waals surface area (Å²) < 4.78 is 34.1. The van der Waals surface area contributed by atoms with E-state index in [1.807, 2.05) is 33.3 Å². The average molecular weight is 771 g/mol. The summed E-state index contributed by atoms with van der Waals surface area (Å²) >= 11 is 0. The van der Waals surface area contributed by atoms with E-state index in [2.05, 4.69) is 32.1 Å². The van der Waals surface area contributed by atoms with Crippen molar-refractivity contribution in [3.05, 3.63) is 36.5 Å². The van der Waals surface area contributed by atoms with Gasteiger partial charge in [-0.05, 0) is 63.9 Å². The molecule has 0 heterocycles. The number of unbranched alkanes of at least 4 members (excludes halogenated alkanes) is 16. The molecule has 0 bridgehead atoms.